The molecular weight excluding hydrogens is 459 g/mol. The van der Waals surface area contributed by atoms with Crippen molar-refractivity contribution in [1.29, 1.82) is 0 Å². The van der Waals surface area contributed by atoms with Crippen molar-refractivity contribution < 1.29 is 27.1 Å². The smallest absolute Gasteiger partial charge is 0.238 e. The second-order valence-corrected chi connectivity index (χ2v) is 10.6. The monoisotopic (exact) mass is 494 g/mol. The fourth-order valence-electron chi connectivity index (χ4n) is 3.30. The summed E-state index contributed by atoms with van der Waals surface area (Å²) >= 11 is 0. The van der Waals surface area contributed by atoms with Gasteiger partial charge in [0.15, 0.2) is 11.5 Å². The van der Waals surface area contributed by atoms with E-state index in [1.165, 1.54) is 19.1 Å². The zero-order chi connectivity index (χ0) is 25.3. The van der Waals surface area contributed by atoms with Gasteiger partial charge in [-0.15, -0.1) is 0 Å². The minimum Gasteiger partial charge on any atom is -0.493 e. The number of methoxy groups -OCH3 is 1. The zero-order valence-electron chi connectivity index (χ0n) is 20.4. The molecule has 0 spiro atoms. The number of carbonyl (C=O) groups is 1. The maximum atomic E-state index is 13.1. The number of hydrogen-bond donors (Lipinski definition) is 2. The number of ether oxygens (including phenoxy) is 2. The Morgan fingerprint density at radius 1 is 1.06 bits per heavy atom. The molecular formula is C25H35FN2O5S. The number of halogens is 1. The van der Waals surface area contributed by atoms with Crippen molar-refractivity contribution in [3.63, 3.8) is 0 Å². The largest absolute Gasteiger partial charge is 0.493 e. The van der Waals surface area contributed by atoms with Gasteiger partial charge in [0.2, 0.25) is 15.9 Å². The lowest BCUT2D eigenvalue weighted by Gasteiger charge is -2.21. The van der Waals surface area contributed by atoms with E-state index in [-0.39, 0.29) is 29.3 Å². The van der Waals surface area contributed by atoms with Crippen molar-refractivity contribution in [2.75, 3.05) is 26.0 Å². The van der Waals surface area contributed by atoms with Crippen LogP contribution in [0.2, 0.25) is 0 Å². The quantitative estimate of drug-likeness (QED) is 0.444. The molecule has 34 heavy (non-hydrogen) atoms. The van der Waals surface area contributed by atoms with Crippen LogP contribution >= 0.6 is 0 Å². The second-order valence-electron chi connectivity index (χ2n) is 8.53. The Labute approximate surface area is 202 Å². The minimum atomic E-state index is -3.49. The number of benzene rings is 2. The summed E-state index contributed by atoms with van der Waals surface area (Å²) in [6.45, 7) is 7.87. The Balaban J connectivity index is 1.93. The van der Waals surface area contributed by atoms with Gasteiger partial charge in [0.25, 0.3) is 0 Å². The highest BCUT2D eigenvalue weighted by molar-refractivity contribution is 7.89. The van der Waals surface area contributed by atoms with Gasteiger partial charge in [0, 0.05) is 12.5 Å². The number of amides is 1. The molecule has 9 heteroatoms. The van der Waals surface area contributed by atoms with Gasteiger partial charge in [-0.1, -0.05) is 39.0 Å². The first-order chi connectivity index (χ1) is 16.1. The molecule has 0 saturated heterocycles. The summed E-state index contributed by atoms with van der Waals surface area (Å²) in [6, 6.07) is 11.1. The number of sulfonamides is 1. The second kappa shape index (κ2) is 12.7. The summed E-state index contributed by atoms with van der Waals surface area (Å²) in [4.78, 5) is 12.5. The van der Waals surface area contributed by atoms with Crippen LogP contribution in [0.3, 0.4) is 0 Å². The predicted molar refractivity (Wildman–Crippen MR) is 131 cm³/mol. The lowest BCUT2D eigenvalue weighted by molar-refractivity contribution is -0.123. The summed E-state index contributed by atoms with van der Waals surface area (Å²) in [5.41, 5.74) is 1.92. The van der Waals surface area contributed by atoms with Crippen LogP contribution in [0.5, 0.6) is 11.5 Å². The Bertz CT molecular complexity index is 1040. The first kappa shape index (κ1) is 27.6. The van der Waals surface area contributed by atoms with Crippen LogP contribution < -0.4 is 19.5 Å². The van der Waals surface area contributed by atoms with E-state index in [1.54, 1.807) is 33.1 Å². The minimum absolute atomic E-state index is 0.0687. The van der Waals surface area contributed by atoms with Crippen molar-refractivity contribution in [3.8, 4) is 11.5 Å². The fourth-order valence-corrected chi connectivity index (χ4v) is 4.23. The molecule has 2 atom stereocenters. The molecule has 0 radical (unpaired) electrons. The van der Waals surface area contributed by atoms with Crippen LogP contribution in [0, 0.1) is 11.7 Å². The molecule has 0 aliphatic carbocycles. The molecule has 1 amide bonds. The zero-order valence-corrected chi connectivity index (χ0v) is 21.2. The Morgan fingerprint density at radius 3 is 2.32 bits per heavy atom. The number of nitrogens with one attached hydrogen (secondary N) is 2. The van der Waals surface area contributed by atoms with Crippen molar-refractivity contribution in [3.05, 3.63) is 59.4 Å². The normalized spacial score (nSPS) is 13.4. The van der Waals surface area contributed by atoms with Gasteiger partial charge in [0.1, 0.15) is 11.9 Å². The fraction of sp³-hybridized carbons (Fsp3) is 0.480. The average molecular weight is 495 g/mol. The summed E-state index contributed by atoms with van der Waals surface area (Å²) in [6.07, 6.45) is 0.541. The molecule has 1 unspecified atom stereocenters. The standard InChI is InChI=1S/C25H35FN2O5S/c1-6-34(30,31)28-24(17(2)3)25(29)27-14-13-19-7-12-22(23(15-19)32-5)33-16-18(4)20-8-10-21(26)11-9-20/h7-12,15,17-18,24,28H,6,13-14,16H2,1-5H3,(H,27,29)/t18?,24-/m0/s1. The van der Waals surface area contributed by atoms with Crippen LogP contribution in [0.1, 0.15) is 44.7 Å². The highest BCUT2D eigenvalue weighted by Gasteiger charge is 2.26. The third-order valence-corrected chi connectivity index (χ3v) is 6.88. The van der Waals surface area contributed by atoms with Crippen molar-refractivity contribution in [2.45, 2.75) is 46.1 Å². The summed E-state index contributed by atoms with van der Waals surface area (Å²) < 4.78 is 50.7. The molecule has 188 valence electrons. The van der Waals surface area contributed by atoms with Gasteiger partial charge in [-0.05, 0) is 54.7 Å². The maximum absolute atomic E-state index is 13.1. The first-order valence-electron chi connectivity index (χ1n) is 11.4. The molecule has 7 nitrogen and oxygen atoms in total. The SMILES string of the molecule is CCS(=O)(=O)N[C@H](C(=O)NCCc1ccc(OCC(C)c2ccc(F)cc2)c(OC)c1)C(C)C. The van der Waals surface area contributed by atoms with Crippen LogP contribution in [-0.4, -0.2) is 46.4 Å². The highest BCUT2D eigenvalue weighted by atomic mass is 32.2. The molecule has 2 rings (SSSR count). The van der Waals surface area contributed by atoms with E-state index < -0.39 is 16.1 Å². The van der Waals surface area contributed by atoms with E-state index in [4.69, 9.17) is 9.47 Å². The average Bonchev–Trinajstić information content (AvgIpc) is 2.81. The molecule has 2 aromatic rings. The first-order valence-corrected chi connectivity index (χ1v) is 13.0. The van der Waals surface area contributed by atoms with Crippen molar-refractivity contribution in [2.24, 2.45) is 5.92 Å². The lowest BCUT2D eigenvalue weighted by atomic mass is 10.0. The van der Waals surface area contributed by atoms with Gasteiger partial charge in [0.05, 0.1) is 19.5 Å². The Morgan fingerprint density at radius 2 is 1.74 bits per heavy atom. The number of hydrogen-bond acceptors (Lipinski definition) is 5. The van der Waals surface area contributed by atoms with E-state index in [1.807, 2.05) is 25.1 Å². The molecule has 0 fully saturated rings. The molecule has 0 saturated carbocycles. The van der Waals surface area contributed by atoms with Crippen LogP contribution in [0.25, 0.3) is 0 Å². The van der Waals surface area contributed by atoms with Gasteiger partial charge in [-0.2, -0.15) is 0 Å². The van der Waals surface area contributed by atoms with Gasteiger partial charge in [-0.3, -0.25) is 4.79 Å². The molecule has 0 aliphatic rings. The molecule has 2 N–H and O–H groups in total. The lowest BCUT2D eigenvalue weighted by Crippen LogP contribution is -2.50. The van der Waals surface area contributed by atoms with E-state index in [0.29, 0.717) is 31.1 Å². The van der Waals surface area contributed by atoms with E-state index >= 15 is 0 Å². The summed E-state index contributed by atoms with van der Waals surface area (Å²) in [5.74, 6) is 0.347. The Kier molecular flexibility index (Phi) is 10.3. The maximum Gasteiger partial charge on any atom is 0.238 e. The van der Waals surface area contributed by atoms with Gasteiger partial charge < -0.3 is 14.8 Å². The van der Waals surface area contributed by atoms with E-state index in [9.17, 15) is 17.6 Å². The van der Waals surface area contributed by atoms with Crippen LogP contribution in [0.15, 0.2) is 42.5 Å². The van der Waals surface area contributed by atoms with Crippen LogP contribution in [0.4, 0.5) is 4.39 Å². The van der Waals surface area contributed by atoms with Gasteiger partial charge >= 0.3 is 0 Å². The topological polar surface area (TPSA) is 93.7 Å². The highest BCUT2D eigenvalue weighted by Crippen LogP contribution is 2.29. The Hall–Kier alpha value is -2.65. The number of carbonyl (C=O) groups excluding carboxylic acids is 1. The number of rotatable bonds is 13. The molecule has 0 bridgehead atoms. The molecule has 0 aliphatic heterocycles. The van der Waals surface area contributed by atoms with Crippen LogP contribution in [-0.2, 0) is 21.2 Å². The van der Waals surface area contributed by atoms with E-state index in [0.717, 1.165) is 11.1 Å². The van der Waals surface area contributed by atoms with E-state index in [2.05, 4.69) is 10.0 Å². The predicted octanol–water partition coefficient (Wildman–Crippen LogP) is 3.64. The van der Waals surface area contributed by atoms with Crippen molar-refractivity contribution in [1.82, 2.24) is 10.0 Å². The molecule has 0 heterocycles. The molecule has 0 aromatic heterocycles. The summed E-state index contributed by atoms with van der Waals surface area (Å²) in [5, 5.41) is 2.81. The molecule has 2 aromatic carbocycles. The third-order valence-electron chi connectivity index (χ3n) is 5.50. The third kappa shape index (κ3) is 8.29. The van der Waals surface area contributed by atoms with Gasteiger partial charge in [-0.25, -0.2) is 17.5 Å². The van der Waals surface area contributed by atoms with Crippen molar-refractivity contribution >= 4 is 15.9 Å². The summed E-state index contributed by atoms with van der Waals surface area (Å²) in [7, 11) is -1.93.